The summed E-state index contributed by atoms with van der Waals surface area (Å²) in [5.41, 5.74) is 9.23. The van der Waals surface area contributed by atoms with Gasteiger partial charge in [0.25, 0.3) is 0 Å². The second-order valence-corrected chi connectivity index (χ2v) is 4.33. The zero-order valence-corrected chi connectivity index (χ0v) is 10.8. The van der Waals surface area contributed by atoms with Crippen LogP contribution in [-0.4, -0.2) is 14.6 Å². The highest BCUT2D eigenvalue weighted by Crippen LogP contribution is 2.23. The lowest BCUT2D eigenvalue weighted by Crippen LogP contribution is -1.91. The number of nitrogens with two attached hydrogens (primary N) is 1. The third-order valence-corrected chi connectivity index (χ3v) is 3.17. The molecule has 0 aliphatic heterocycles. The summed E-state index contributed by atoms with van der Waals surface area (Å²) >= 11 is 0. The van der Waals surface area contributed by atoms with Gasteiger partial charge in [0.1, 0.15) is 0 Å². The van der Waals surface area contributed by atoms with Gasteiger partial charge >= 0.3 is 0 Å². The molecule has 0 aliphatic rings. The zero-order chi connectivity index (χ0) is 12.1. The number of nitrogen functional groups attached to an aromatic ring is 1. The van der Waals surface area contributed by atoms with E-state index in [0.29, 0.717) is 0 Å². The van der Waals surface area contributed by atoms with Crippen LogP contribution in [0.2, 0.25) is 0 Å². The Hall–Kier alpha value is -2.33. The lowest BCUT2D eigenvalue weighted by molar-refractivity contribution is 0.979. The maximum absolute atomic E-state index is 5.79. The Labute approximate surface area is 115 Å². The lowest BCUT2D eigenvalue weighted by Gasteiger charge is -1.99. The Kier molecular flexibility index (Phi) is 2.54. The number of aromatic nitrogens is 3. The number of hydrogen-bond donors (Lipinski definition) is 1. The van der Waals surface area contributed by atoms with Crippen molar-refractivity contribution in [1.82, 2.24) is 14.6 Å². The summed E-state index contributed by atoms with van der Waals surface area (Å²) in [7, 11) is 0. The van der Waals surface area contributed by atoms with Crippen LogP contribution in [0, 0.1) is 0 Å². The topological polar surface area (TPSA) is 56.2 Å². The Morgan fingerprint density at radius 1 is 1.05 bits per heavy atom. The van der Waals surface area contributed by atoms with Gasteiger partial charge in [-0.05, 0) is 18.2 Å². The molecule has 2 heterocycles. The SMILES string of the molecule is Cl.Nc1ccc2c(c1)nc1c3ccccc3cnn21. The summed E-state index contributed by atoms with van der Waals surface area (Å²) in [6.45, 7) is 0. The average molecular weight is 271 g/mol. The van der Waals surface area contributed by atoms with Gasteiger partial charge in [-0.3, -0.25) is 0 Å². The van der Waals surface area contributed by atoms with Crippen molar-refractivity contribution in [3.05, 3.63) is 48.7 Å². The molecule has 0 amide bonds. The summed E-state index contributed by atoms with van der Waals surface area (Å²) in [4.78, 5) is 4.62. The van der Waals surface area contributed by atoms with Crippen LogP contribution in [0.3, 0.4) is 0 Å². The van der Waals surface area contributed by atoms with E-state index < -0.39 is 0 Å². The molecule has 19 heavy (non-hydrogen) atoms. The van der Waals surface area contributed by atoms with Crippen LogP contribution in [-0.2, 0) is 0 Å². The summed E-state index contributed by atoms with van der Waals surface area (Å²) < 4.78 is 1.86. The van der Waals surface area contributed by atoms with Gasteiger partial charge in [-0.2, -0.15) is 5.10 Å². The molecule has 5 heteroatoms. The highest BCUT2D eigenvalue weighted by molar-refractivity contribution is 5.97. The number of rotatable bonds is 0. The second kappa shape index (κ2) is 4.10. The van der Waals surface area contributed by atoms with E-state index in [1.54, 1.807) is 0 Å². The van der Waals surface area contributed by atoms with E-state index >= 15 is 0 Å². The molecular weight excluding hydrogens is 260 g/mol. The molecule has 2 aromatic heterocycles. The molecule has 0 saturated carbocycles. The molecular formula is C14H11ClN4. The highest BCUT2D eigenvalue weighted by atomic mass is 35.5. The molecule has 0 fully saturated rings. The van der Waals surface area contributed by atoms with Crippen molar-refractivity contribution in [3.8, 4) is 0 Å². The summed E-state index contributed by atoms with van der Waals surface area (Å²) in [5, 5.41) is 6.63. The lowest BCUT2D eigenvalue weighted by atomic mass is 10.2. The molecule has 2 aromatic carbocycles. The number of imidazole rings is 1. The Bertz CT molecular complexity index is 898. The summed E-state index contributed by atoms with van der Waals surface area (Å²) in [6, 6.07) is 13.8. The third kappa shape index (κ3) is 1.61. The van der Waals surface area contributed by atoms with Crippen LogP contribution < -0.4 is 5.73 Å². The standard InChI is InChI=1S/C14H10N4.ClH/c15-10-5-6-13-12(7-10)17-14-11-4-2-1-3-9(11)8-16-18(13)14;/h1-8H,15H2;1H. The van der Waals surface area contributed by atoms with Gasteiger partial charge in [0, 0.05) is 16.5 Å². The van der Waals surface area contributed by atoms with Gasteiger partial charge in [-0.25, -0.2) is 9.50 Å². The average Bonchev–Trinajstić information content (AvgIpc) is 2.76. The van der Waals surface area contributed by atoms with E-state index in [0.717, 1.165) is 33.1 Å². The van der Waals surface area contributed by atoms with Gasteiger partial charge in [0.2, 0.25) is 0 Å². The minimum absolute atomic E-state index is 0. The minimum atomic E-state index is 0. The van der Waals surface area contributed by atoms with Gasteiger partial charge < -0.3 is 5.73 Å². The number of anilines is 1. The maximum atomic E-state index is 5.79. The fraction of sp³-hybridized carbons (Fsp3) is 0. The van der Waals surface area contributed by atoms with E-state index in [2.05, 4.69) is 16.1 Å². The first kappa shape index (κ1) is 11.7. The van der Waals surface area contributed by atoms with E-state index in [-0.39, 0.29) is 12.4 Å². The van der Waals surface area contributed by atoms with Crippen molar-refractivity contribution in [3.63, 3.8) is 0 Å². The quantitative estimate of drug-likeness (QED) is 0.500. The molecule has 2 N–H and O–H groups in total. The maximum Gasteiger partial charge on any atom is 0.162 e. The first-order valence-corrected chi connectivity index (χ1v) is 5.75. The first-order valence-electron chi connectivity index (χ1n) is 5.75. The van der Waals surface area contributed by atoms with E-state index in [4.69, 9.17) is 5.73 Å². The van der Waals surface area contributed by atoms with Gasteiger partial charge in [-0.15, -0.1) is 12.4 Å². The fourth-order valence-electron chi connectivity index (χ4n) is 2.31. The van der Waals surface area contributed by atoms with Crippen molar-refractivity contribution in [1.29, 1.82) is 0 Å². The smallest absolute Gasteiger partial charge is 0.162 e. The molecule has 94 valence electrons. The molecule has 0 bridgehead atoms. The molecule has 4 nitrogen and oxygen atoms in total. The number of halogens is 1. The van der Waals surface area contributed by atoms with E-state index in [1.807, 2.05) is 47.1 Å². The Morgan fingerprint density at radius 2 is 1.89 bits per heavy atom. The Morgan fingerprint density at radius 3 is 2.79 bits per heavy atom. The third-order valence-electron chi connectivity index (χ3n) is 3.17. The van der Waals surface area contributed by atoms with Crippen LogP contribution in [0.15, 0.2) is 48.7 Å². The fourth-order valence-corrected chi connectivity index (χ4v) is 2.31. The molecule has 4 rings (SSSR count). The molecule has 0 aliphatic carbocycles. The van der Waals surface area contributed by atoms with Crippen LogP contribution in [0.5, 0.6) is 0 Å². The molecule has 0 spiro atoms. The highest BCUT2D eigenvalue weighted by Gasteiger charge is 2.08. The molecule has 0 saturated heterocycles. The number of benzene rings is 2. The van der Waals surface area contributed by atoms with Crippen LogP contribution in [0.4, 0.5) is 5.69 Å². The summed E-state index contributed by atoms with van der Waals surface area (Å²) in [5.74, 6) is 0. The Balaban J connectivity index is 0.00000110. The normalized spacial score (nSPS) is 10.9. The summed E-state index contributed by atoms with van der Waals surface area (Å²) in [6.07, 6.45) is 1.86. The van der Waals surface area contributed by atoms with Crippen molar-refractivity contribution in [2.75, 3.05) is 5.73 Å². The molecule has 0 atom stereocenters. The number of nitrogens with zero attached hydrogens (tertiary/aromatic N) is 3. The number of hydrogen-bond acceptors (Lipinski definition) is 3. The predicted octanol–water partition coefficient (Wildman–Crippen LogP) is 3.04. The molecule has 0 radical (unpaired) electrons. The van der Waals surface area contributed by atoms with E-state index in [9.17, 15) is 0 Å². The van der Waals surface area contributed by atoms with Gasteiger partial charge in [0.05, 0.1) is 17.2 Å². The van der Waals surface area contributed by atoms with Crippen LogP contribution in [0.25, 0.3) is 27.5 Å². The second-order valence-electron chi connectivity index (χ2n) is 4.33. The van der Waals surface area contributed by atoms with Crippen molar-refractivity contribution >= 4 is 45.5 Å². The predicted molar refractivity (Wildman–Crippen MR) is 79.7 cm³/mol. The van der Waals surface area contributed by atoms with Crippen LogP contribution >= 0.6 is 12.4 Å². The van der Waals surface area contributed by atoms with Crippen molar-refractivity contribution < 1.29 is 0 Å². The van der Waals surface area contributed by atoms with Crippen molar-refractivity contribution in [2.45, 2.75) is 0 Å². The van der Waals surface area contributed by atoms with Gasteiger partial charge in [-0.1, -0.05) is 24.3 Å². The van der Waals surface area contributed by atoms with Gasteiger partial charge in [0.15, 0.2) is 5.65 Å². The van der Waals surface area contributed by atoms with Crippen LogP contribution in [0.1, 0.15) is 0 Å². The van der Waals surface area contributed by atoms with E-state index in [1.165, 1.54) is 0 Å². The molecule has 4 aromatic rings. The zero-order valence-electron chi connectivity index (χ0n) is 9.95. The molecule has 0 unspecified atom stereocenters. The monoisotopic (exact) mass is 270 g/mol. The minimum Gasteiger partial charge on any atom is -0.399 e. The first-order chi connectivity index (χ1) is 8.83. The largest absolute Gasteiger partial charge is 0.399 e. The number of fused-ring (bicyclic) bond motifs is 5. The van der Waals surface area contributed by atoms with Crippen molar-refractivity contribution in [2.24, 2.45) is 0 Å².